The van der Waals surface area contributed by atoms with Crippen LogP contribution >= 0.6 is 0 Å². The Morgan fingerprint density at radius 3 is 2.78 bits per heavy atom. The minimum absolute atomic E-state index is 0.601. The predicted octanol–water partition coefficient (Wildman–Crippen LogP) is 2.19. The topological polar surface area (TPSA) is 43.8 Å². The molecule has 92 valence electrons. The van der Waals surface area contributed by atoms with E-state index in [1.165, 1.54) is 0 Å². The maximum atomic E-state index is 5.42. The van der Waals surface area contributed by atoms with Crippen LogP contribution in [0.25, 0.3) is 5.69 Å². The molecule has 0 fully saturated rings. The number of nitrogens with two attached hydrogens (primary N) is 1. The summed E-state index contributed by atoms with van der Waals surface area (Å²) in [6, 6.07) is 10.1. The minimum atomic E-state index is 0.601. The van der Waals surface area contributed by atoms with Crippen molar-refractivity contribution in [1.82, 2.24) is 9.78 Å². The summed E-state index contributed by atoms with van der Waals surface area (Å²) in [6.07, 6.45) is 0.726. The van der Waals surface area contributed by atoms with Gasteiger partial charge in [-0.25, -0.2) is 4.68 Å². The van der Waals surface area contributed by atoms with E-state index in [-0.39, 0.29) is 0 Å². The summed E-state index contributed by atoms with van der Waals surface area (Å²) in [5, 5.41) is 4.47. The molecule has 1 heterocycles. The smallest absolute Gasteiger partial charge is 0.0661 e. The van der Waals surface area contributed by atoms with E-state index >= 15 is 0 Å². The number of nitrogens with zero attached hydrogens (tertiary/aromatic N) is 2. The molecule has 0 aliphatic heterocycles. The third kappa shape index (κ3) is 2.79. The highest BCUT2D eigenvalue weighted by Gasteiger charge is 2.03. The molecule has 2 N–H and O–H groups in total. The van der Waals surface area contributed by atoms with Crippen molar-refractivity contribution < 1.29 is 0 Å². The zero-order valence-electron chi connectivity index (χ0n) is 10.8. The van der Waals surface area contributed by atoms with Gasteiger partial charge in [0.25, 0.3) is 0 Å². The van der Waals surface area contributed by atoms with Crippen LogP contribution < -0.4 is 5.73 Å². The first kappa shape index (κ1) is 12.4. The summed E-state index contributed by atoms with van der Waals surface area (Å²) in [6.45, 7) is 4.64. The van der Waals surface area contributed by atoms with Crippen molar-refractivity contribution in [3.63, 3.8) is 0 Å². The second kappa shape index (κ2) is 5.52. The van der Waals surface area contributed by atoms with Gasteiger partial charge in [0.15, 0.2) is 0 Å². The van der Waals surface area contributed by atoms with Gasteiger partial charge in [-0.2, -0.15) is 5.10 Å². The van der Waals surface area contributed by atoms with Gasteiger partial charge in [-0.3, -0.25) is 0 Å². The van der Waals surface area contributed by atoms with Crippen LogP contribution in [-0.4, -0.2) is 16.3 Å². The van der Waals surface area contributed by atoms with Crippen LogP contribution in [0.5, 0.6) is 0 Å². The Kier molecular flexibility index (Phi) is 3.81. The fraction of sp³-hybridized carbons (Fsp3) is 0.267. The summed E-state index contributed by atoms with van der Waals surface area (Å²) in [5.74, 6) is 6.16. The van der Waals surface area contributed by atoms with Crippen LogP contribution in [0.1, 0.15) is 23.4 Å². The SMILES string of the molecule is Cc1cc(C)n(-c2cccc(C#CCCN)c2)n1. The molecule has 2 rings (SSSR count). The Bertz CT molecular complexity index is 600. The lowest BCUT2D eigenvalue weighted by atomic mass is 10.2. The number of hydrogen-bond acceptors (Lipinski definition) is 2. The van der Waals surface area contributed by atoms with Crippen LogP contribution in [0.3, 0.4) is 0 Å². The average molecular weight is 239 g/mol. The summed E-state index contributed by atoms with van der Waals surface area (Å²) in [7, 11) is 0. The van der Waals surface area contributed by atoms with E-state index in [1.54, 1.807) is 0 Å². The van der Waals surface area contributed by atoms with Crippen molar-refractivity contribution in [2.75, 3.05) is 6.54 Å². The molecule has 0 radical (unpaired) electrons. The second-order valence-electron chi connectivity index (χ2n) is 4.23. The lowest BCUT2D eigenvalue weighted by molar-refractivity contribution is 0.833. The number of aromatic nitrogens is 2. The monoisotopic (exact) mass is 239 g/mol. The molecule has 0 aliphatic carbocycles. The van der Waals surface area contributed by atoms with E-state index in [1.807, 2.05) is 42.8 Å². The maximum Gasteiger partial charge on any atom is 0.0661 e. The molecule has 18 heavy (non-hydrogen) atoms. The van der Waals surface area contributed by atoms with E-state index in [0.29, 0.717) is 6.54 Å². The van der Waals surface area contributed by atoms with E-state index in [9.17, 15) is 0 Å². The van der Waals surface area contributed by atoms with Gasteiger partial charge in [-0.15, -0.1) is 0 Å². The Balaban J connectivity index is 2.33. The Morgan fingerprint density at radius 2 is 2.11 bits per heavy atom. The fourth-order valence-corrected chi connectivity index (χ4v) is 1.84. The molecule has 3 heteroatoms. The zero-order chi connectivity index (χ0) is 13.0. The molecule has 0 saturated carbocycles. The van der Waals surface area contributed by atoms with Crippen molar-refractivity contribution in [3.05, 3.63) is 47.3 Å². The van der Waals surface area contributed by atoms with Crippen molar-refractivity contribution in [2.24, 2.45) is 5.73 Å². The van der Waals surface area contributed by atoms with Gasteiger partial charge in [0, 0.05) is 24.2 Å². The summed E-state index contributed by atoms with van der Waals surface area (Å²) in [4.78, 5) is 0. The first-order valence-electron chi connectivity index (χ1n) is 6.03. The lowest BCUT2D eigenvalue weighted by Gasteiger charge is -2.04. The third-order valence-electron chi connectivity index (χ3n) is 2.60. The van der Waals surface area contributed by atoms with E-state index in [2.05, 4.69) is 23.0 Å². The number of benzene rings is 1. The largest absolute Gasteiger partial charge is 0.330 e. The van der Waals surface area contributed by atoms with Gasteiger partial charge in [0.1, 0.15) is 0 Å². The Labute approximate surface area is 108 Å². The molecule has 0 bridgehead atoms. The first-order valence-corrected chi connectivity index (χ1v) is 6.03. The van der Waals surface area contributed by atoms with Gasteiger partial charge in [-0.1, -0.05) is 17.9 Å². The molecule has 1 aromatic carbocycles. The summed E-state index contributed by atoms with van der Waals surface area (Å²) >= 11 is 0. The quantitative estimate of drug-likeness (QED) is 0.816. The standard InChI is InChI=1S/C15H17N3/c1-12-10-13(2)18(17-12)15-8-5-7-14(11-15)6-3-4-9-16/h5,7-8,10-11H,4,9,16H2,1-2H3. The van der Waals surface area contributed by atoms with Crippen molar-refractivity contribution >= 4 is 0 Å². The number of aryl methyl sites for hydroxylation is 2. The maximum absolute atomic E-state index is 5.42. The molecule has 0 atom stereocenters. The van der Waals surface area contributed by atoms with E-state index in [4.69, 9.17) is 5.73 Å². The highest BCUT2D eigenvalue weighted by molar-refractivity contribution is 5.44. The highest BCUT2D eigenvalue weighted by Crippen LogP contribution is 2.13. The predicted molar refractivity (Wildman–Crippen MR) is 73.6 cm³/mol. The summed E-state index contributed by atoms with van der Waals surface area (Å²) in [5.41, 5.74) is 9.60. The normalized spacial score (nSPS) is 9.94. The Hall–Kier alpha value is -2.05. The minimum Gasteiger partial charge on any atom is -0.330 e. The van der Waals surface area contributed by atoms with Crippen molar-refractivity contribution in [2.45, 2.75) is 20.3 Å². The fourth-order valence-electron chi connectivity index (χ4n) is 1.84. The molecule has 2 aromatic rings. The van der Waals surface area contributed by atoms with Gasteiger partial charge >= 0.3 is 0 Å². The molecular weight excluding hydrogens is 222 g/mol. The zero-order valence-corrected chi connectivity index (χ0v) is 10.8. The van der Waals surface area contributed by atoms with Crippen LogP contribution in [0.4, 0.5) is 0 Å². The van der Waals surface area contributed by atoms with Crippen molar-refractivity contribution in [1.29, 1.82) is 0 Å². The lowest BCUT2D eigenvalue weighted by Crippen LogP contribution is -1.99. The van der Waals surface area contributed by atoms with Gasteiger partial charge in [0.2, 0.25) is 0 Å². The van der Waals surface area contributed by atoms with Gasteiger partial charge in [-0.05, 0) is 38.1 Å². The first-order chi connectivity index (χ1) is 8.70. The van der Waals surface area contributed by atoms with Crippen LogP contribution in [0.15, 0.2) is 30.3 Å². The van der Waals surface area contributed by atoms with E-state index in [0.717, 1.165) is 29.1 Å². The van der Waals surface area contributed by atoms with Crippen LogP contribution in [0, 0.1) is 25.7 Å². The van der Waals surface area contributed by atoms with Gasteiger partial charge < -0.3 is 5.73 Å². The molecular formula is C15H17N3. The van der Waals surface area contributed by atoms with Crippen LogP contribution in [-0.2, 0) is 0 Å². The molecule has 3 nitrogen and oxygen atoms in total. The molecule has 1 aromatic heterocycles. The number of rotatable bonds is 2. The Morgan fingerprint density at radius 1 is 1.28 bits per heavy atom. The van der Waals surface area contributed by atoms with Crippen molar-refractivity contribution in [3.8, 4) is 17.5 Å². The third-order valence-corrected chi connectivity index (χ3v) is 2.60. The van der Waals surface area contributed by atoms with Gasteiger partial charge in [0.05, 0.1) is 11.4 Å². The summed E-state index contributed by atoms with van der Waals surface area (Å²) < 4.78 is 1.93. The molecule has 0 saturated heterocycles. The van der Waals surface area contributed by atoms with E-state index < -0.39 is 0 Å². The molecule has 0 spiro atoms. The highest BCUT2D eigenvalue weighted by atomic mass is 15.3. The van der Waals surface area contributed by atoms with Crippen LogP contribution in [0.2, 0.25) is 0 Å². The molecule has 0 aliphatic rings. The average Bonchev–Trinajstić information content (AvgIpc) is 2.69. The number of hydrogen-bond donors (Lipinski definition) is 1. The second-order valence-corrected chi connectivity index (χ2v) is 4.23. The molecule has 0 amide bonds. The molecule has 0 unspecified atom stereocenters.